The highest BCUT2D eigenvalue weighted by Gasteiger charge is 2.11. The van der Waals surface area contributed by atoms with Crippen LogP contribution in [0.25, 0.3) is 11.4 Å². The number of nitrogens with zero attached hydrogens (tertiary/aromatic N) is 3. The lowest BCUT2D eigenvalue weighted by Gasteiger charge is -1.95. The van der Waals surface area contributed by atoms with Crippen molar-refractivity contribution in [1.29, 1.82) is 0 Å². The summed E-state index contributed by atoms with van der Waals surface area (Å²) in [6, 6.07) is 10.4. The van der Waals surface area contributed by atoms with E-state index < -0.39 is 4.92 Å². The Balaban J connectivity index is 2.46. The summed E-state index contributed by atoms with van der Waals surface area (Å²) >= 11 is 0. The predicted molar refractivity (Wildman–Crippen MR) is 54.1 cm³/mol. The van der Waals surface area contributed by atoms with E-state index in [1.54, 1.807) is 12.1 Å². The molecule has 2 rings (SSSR count). The van der Waals surface area contributed by atoms with E-state index in [0.29, 0.717) is 5.82 Å². The lowest BCUT2D eigenvalue weighted by Crippen LogP contribution is -1.95. The van der Waals surface area contributed by atoms with Gasteiger partial charge in [0.25, 0.3) is 5.82 Å². The first-order valence-electron chi connectivity index (χ1n) is 4.30. The van der Waals surface area contributed by atoms with Crippen molar-refractivity contribution >= 4 is 5.82 Å². The van der Waals surface area contributed by atoms with Gasteiger partial charge in [-0.3, -0.25) is 0 Å². The fraction of sp³-hybridized carbons (Fsp3) is 0. The van der Waals surface area contributed by atoms with Gasteiger partial charge in [0, 0.05) is 11.8 Å². The quantitative estimate of drug-likeness (QED) is 0.550. The fourth-order valence-electron chi connectivity index (χ4n) is 1.18. The van der Waals surface area contributed by atoms with Crippen molar-refractivity contribution in [2.75, 3.05) is 0 Å². The van der Waals surface area contributed by atoms with Gasteiger partial charge in [-0.2, -0.15) is 0 Å². The molecule has 0 radical (unpaired) electrons. The van der Waals surface area contributed by atoms with Gasteiger partial charge >= 0.3 is 5.82 Å². The van der Waals surface area contributed by atoms with E-state index in [9.17, 15) is 10.1 Å². The van der Waals surface area contributed by atoms with Crippen molar-refractivity contribution in [3.05, 3.63) is 52.7 Å². The van der Waals surface area contributed by atoms with E-state index in [4.69, 9.17) is 0 Å². The minimum Gasteiger partial charge on any atom is -0.358 e. The van der Waals surface area contributed by atoms with Crippen LogP contribution in [0.4, 0.5) is 5.82 Å². The number of hydrogen-bond acceptors (Lipinski definition) is 4. The molecule has 0 N–H and O–H groups in total. The highest BCUT2D eigenvalue weighted by molar-refractivity contribution is 5.55. The lowest BCUT2D eigenvalue weighted by molar-refractivity contribution is -0.389. The summed E-state index contributed by atoms with van der Waals surface area (Å²) in [4.78, 5) is 17.8. The molecule has 1 aromatic carbocycles. The van der Waals surface area contributed by atoms with E-state index in [0.717, 1.165) is 5.56 Å². The van der Waals surface area contributed by atoms with Crippen LogP contribution in [0.5, 0.6) is 0 Å². The van der Waals surface area contributed by atoms with Crippen molar-refractivity contribution in [3.63, 3.8) is 0 Å². The van der Waals surface area contributed by atoms with Gasteiger partial charge in [-0.05, 0) is 22.0 Å². The van der Waals surface area contributed by atoms with Gasteiger partial charge in [0.05, 0.1) is 6.07 Å². The Morgan fingerprint density at radius 2 is 1.87 bits per heavy atom. The molecule has 0 atom stereocenters. The average Bonchev–Trinajstić information content (AvgIpc) is 2.30. The Hall–Kier alpha value is -2.30. The van der Waals surface area contributed by atoms with Crippen LogP contribution in [0.15, 0.2) is 42.6 Å². The zero-order valence-electron chi connectivity index (χ0n) is 7.70. The monoisotopic (exact) mass is 201 g/mol. The Morgan fingerprint density at radius 3 is 2.53 bits per heavy atom. The SMILES string of the molecule is O=[N+]([O-])c1ccnc(-c2ccccc2)n1. The van der Waals surface area contributed by atoms with Gasteiger partial charge in [0.2, 0.25) is 0 Å². The third-order valence-electron chi connectivity index (χ3n) is 1.86. The predicted octanol–water partition coefficient (Wildman–Crippen LogP) is 2.05. The summed E-state index contributed by atoms with van der Waals surface area (Å²) in [5, 5.41) is 10.5. The minimum atomic E-state index is -0.534. The van der Waals surface area contributed by atoms with Gasteiger partial charge in [-0.25, -0.2) is 4.98 Å². The molecule has 0 aliphatic carbocycles. The zero-order valence-corrected chi connectivity index (χ0v) is 7.70. The van der Waals surface area contributed by atoms with E-state index in [-0.39, 0.29) is 5.82 Å². The molecule has 0 saturated carbocycles. The molecule has 1 aromatic heterocycles. The van der Waals surface area contributed by atoms with E-state index in [2.05, 4.69) is 9.97 Å². The van der Waals surface area contributed by atoms with Gasteiger partial charge in [0.15, 0.2) is 0 Å². The van der Waals surface area contributed by atoms with E-state index >= 15 is 0 Å². The number of hydrogen-bond donors (Lipinski definition) is 0. The van der Waals surface area contributed by atoms with Crippen LogP contribution in [0, 0.1) is 10.1 Å². The molecule has 0 aliphatic rings. The molecule has 0 bridgehead atoms. The Labute approximate surface area is 85.6 Å². The molecule has 2 aromatic rings. The summed E-state index contributed by atoms with van der Waals surface area (Å²) in [7, 11) is 0. The smallest absolute Gasteiger partial charge is 0.358 e. The molecule has 1 heterocycles. The Bertz CT molecular complexity index is 485. The van der Waals surface area contributed by atoms with Gasteiger partial charge in [-0.1, -0.05) is 18.2 Å². The van der Waals surface area contributed by atoms with Crippen LogP contribution in [0.1, 0.15) is 0 Å². The second-order valence-electron chi connectivity index (χ2n) is 2.86. The Kier molecular flexibility index (Phi) is 2.37. The number of benzene rings is 1. The summed E-state index contributed by atoms with van der Waals surface area (Å²) in [6.45, 7) is 0. The molecule has 0 unspecified atom stereocenters. The van der Waals surface area contributed by atoms with Crippen molar-refractivity contribution in [3.8, 4) is 11.4 Å². The topological polar surface area (TPSA) is 68.9 Å². The zero-order chi connectivity index (χ0) is 10.7. The molecule has 0 fully saturated rings. The van der Waals surface area contributed by atoms with Crippen LogP contribution < -0.4 is 0 Å². The lowest BCUT2D eigenvalue weighted by atomic mass is 10.2. The number of nitro groups is 1. The maximum atomic E-state index is 10.5. The second-order valence-corrected chi connectivity index (χ2v) is 2.86. The van der Waals surface area contributed by atoms with Crippen LogP contribution >= 0.6 is 0 Å². The molecule has 5 heteroatoms. The van der Waals surface area contributed by atoms with Gasteiger partial charge in [-0.15, -0.1) is 0 Å². The first kappa shape index (κ1) is 9.26. The van der Waals surface area contributed by atoms with Gasteiger partial charge in [0.1, 0.15) is 0 Å². The van der Waals surface area contributed by atoms with Crippen molar-refractivity contribution in [2.45, 2.75) is 0 Å². The molecule has 5 nitrogen and oxygen atoms in total. The molecule has 15 heavy (non-hydrogen) atoms. The highest BCUT2D eigenvalue weighted by Crippen LogP contribution is 2.16. The number of rotatable bonds is 2. The highest BCUT2D eigenvalue weighted by atomic mass is 16.6. The molecular formula is C10H7N3O2. The van der Waals surface area contributed by atoms with Crippen LogP contribution in [0.3, 0.4) is 0 Å². The van der Waals surface area contributed by atoms with Crippen LogP contribution in [-0.2, 0) is 0 Å². The fourth-order valence-corrected chi connectivity index (χ4v) is 1.18. The Morgan fingerprint density at radius 1 is 1.13 bits per heavy atom. The van der Waals surface area contributed by atoms with Crippen molar-refractivity contribution < 1.29 is 4.92 Å². The average molecular weight is 201 g/mol. The molecular weight excluding hydrogens is 194 g/mol. The van der Waals surface area contributed by atoms with Crippen LogP contribution in [0.2, 0.25) is 0 Å². The standard InChI is InChI=1S/C10H7N3O2/c14-13(15)9-6-7-11-10(12-9)8-4-2-1-3-5-8/h1-7H. The molecule has 0 aliphatic heterocycles. The van der Waals surface area contributed by atoms with Crippen LogP contribution in [-0.4, -0.2) is 14.9 Å². The molecule has 74 valence electrons. The summed E-state index contributed by atoms with van der Waals surface area (Å²) in [5.74, 6) is 0.175. The van der Waals surface area contributed by atoms with Gasteiger partial charge < -0.3 is 10.1 Å². The largest absolute Gasteiger partial charge is 0.367 e. The normalized spacial score (nSPS) is 9.87. The number of aromatic nitrogens is 2. The first-order valence-corrected chi connectivity index (χ1v) is 4.30. The maximum absolute atomic E-state index is 10.5. The molecule has 0 amide bonds. The first-order chi connectivity index (χ1) is 7.27. The summed E-state index contributed by atoms with van der Waals surface area (Å²) in [6.07, 6.45) is 1.38. The summed E-state index contributed by atoms with van der Waals surface area (Å²) in [5.41, 5.74) is 0.765. The summed E-state index contributed by atoms with van der Waals surface area (Å²) < 4.78 is 0. The third kappa shape index (κ3) is 1.96. The van der Waals surface area contributed by atoms with Crippen molar-refractivity contribution in [2.24, 2.45) is 0 Å². The third-order valence-corrected chi connectivity index (χ3v) is 1.86. The molecule has 0 saturated heterocycles. The maximum Gasteiger partial charge on any atom is 0.367 e. The van der Waals surface area contributed by atoms with E-state index in [1.165, 1.54) is 12.3 Å². The second kappa shape index (κ2) is 3.83. The van der Waals surface area contributed by atoms with E-state index in [1.807, 2.05) is 18.2 Å². The van der Waals surface area contributed by atoms with Crippen molar-refractivity contribution in [1.82, 2.24) is 9.97 Å². The minimum absolute atomic E-state index is 0.191. The molecule has 0 spiro atoms.